The van der Waals surface area contributed by atoms with E-state index in [-0.39, 0.29) is 11.5 Å². The lowest BCUT2D eigenvalue weighted by Crippen LogP contribution is -2.39. The zero-order chi connectivity index (χ0) is 17.7. The Morgan fingerprint density at radius 1 is 1.21 bits per heavy atom. The summed E-state index contributed by atoms with van der Waals surface area (Å²) in [6, 6.07) is 16.5. The van der Waals surface area contributed by atoms with Gasteiger partial charge in [0.25, 0.3) is 0 Å². The van der Waals surface area contributed by atoms with Crippen molar-refractivity contribution in [3.63, 3.8) is 0 Å². The molecular formula is C19H22BrClN2S. The highest BCUT2D eigenvalue weighted by Crippen LogP contribution is 2.28. The lowest BCUT2D eigenvalue weighted by atomic mass is 9.79. The Morgan fingerprint density at radius 2 is 1.88 bits per heavy atom. The second-order valence-corrected chi connectivity index (χ2v) is 8.25. The predicted molar refractivity (Wildman–Crippen MR) is 112 cm³/mol. The van der Waals surface area contributed by atoms with E-state index in [9.17, 15) is 0 Å². The molecule has 0 saturated carbocycles. The van der Waals surface area contributed by atoms with Crippen molar-refractivity contribution in [3.8, 4) is 0 Å². The van der Waals surface area contributed by atoms with Gasteiger partial charge >= 0.3 is 0 Å². The zero-order valence-corrected chi connectivity index (χ0v) is 17.2. The number of halogens is 2. The van der Waals surface area contributed by atoms with Crippen LogP contribution in [0.3, 0.4) is 0 Å². The molecule has 1 atom stereocenters. The van der Waals surface area contributed by atoms with E-state index in [0.29, 0.717) is 10.1 Å². The molecule has 0 fully saturated rings. The Bertz CT molecular complexity index is 704. The number of rotatable bonds is 5. The fourth-order valence-electron chi connectivity index (χ4n) is 2.79. The van der Waals surface area contributed by atoms with Crippen molar-refractivity contribution >= 4 is 50.5 Å². The molecule has 0 unspecified atom stereocenters. The van der Waals surface area contributed by atoms with Crippen molar-refractivity contribution in [2.45, 2.75) is 38.6 Å². The Labute approximate surface area is 163 Å². The normalized spacial score (nSPS) is 12.5. The molecule has 0 spiro atoms. The van der Waals surface area contributed by atoms with Gasteiger partial charge in [0.1, 0.15) is 0 Å². The first kappa shape index (κ1) is 19.2. The maximum absolute atomic E-state index is 6.11. The summed E-state index contributed by atoms with van der Waals surface area (Å²) in [6.07, 6.45) is 0.972. The number of hydrogen-bond donors (Lipinski definition) is 2. The van der Waals surface area contributed by atoms with Crippen LogP contribution in [-0.4, -0.2) is 11.2 Å². The van der Waals surface area contributed by atoms with Crippen LogP contribution in [0.15, 0.2) is 53.0 Å². The van der Waals surface area contributed by atoms with Crippen LogP contribution in [0.1, 0.15) is 32.8 Å². The molecule has 0 saturated heterocycles. The molecule has 0 heterocycles. The van der Waals surface area contributed by atoms with Crippen LogP contribution in [0.4, 0.5) is 5.69 Å². The van der Waals surface area contributed by atoms with Gasteiger partial charge in [-0.2, -0.15) is 0 Å². The summed E-state index contributed by atoms with van der Waals surface area (Å²) in [5.74, 6) is 0. The monoisotopic (exact) mass is 424 g/mol. The van der Waals surface area contributed by atoms with Crippen LogP contribution < -0.4 is 10.6 Å². The molecule has 0 aliphatic rings. The first-order chi connectivity index (χ1) is 11.3. The van der Waals surface area contributed by atoms with Crippen molar-refractivity contribution in [2.75, 3.05) is 5.32 Å². The van der Waals surface area contributed by atoms with Crippen molar-refractivity contribution in [1.82, 2.24) is 5.32 Å². The molecule has 0 aliphatic heterocycles. The largest absolute Gasteiger partial charge is 0.360 e. The van der Waals surface area contributed by atoms with E-state index < -0.39 is 0 Å². The summed E-state index contributed by atoms with van der Waals surface area (Å²) in [5, 5.41) is 7.79. The Kier molecular flexibility index (Phi) is 6.67. The van der Waals surface area contributed by atoms with Gasteiger partial charge in [-0.3, -0.25) is 0 Å². The third kappa shape index (κ3) is 5.47. The highest BCUT2D eigenvalue weighted by molar-refractivity contribution is 9.10. The van der Waals surface area contributed by atoms with E-state index in [1.165, 1.54) is 5.56 Å². The van der Waals surface area contributed by atoms with Crippen LogP contribution >= 0.6 is 39.7 Å². The lowest BCUT2D eigenvalue weighted by molar-refractivity contribution is 0.420. The van der Waals surface area contributed by atoms with E-state index in [0.717, 1.165) is 16.6 Å². The molecular weight excluding hydrogens is 404 g/mol. The van der Waals surface area contributed by atoms with E-state index in [1.54, 1.807) is 0 Å². The van der Waals surface area contributed by atoms with Gasteiger partial charge in [-0.15, -0.1) is 0 Å². The molecule has 0 bridgehead atoms. The highest BCUT2D eigenvalue weighted by atomic mass is 79.9. The van der Waals surface area contributed by atoms with Crippen molar-refractivity contribution < 1.29 is 0 Å². The van der Waals surface area contributed by atoms with Gasteiger partial charge in [0.2, 0.25) is 0 Å². The molecule has 0 aromatic heterocycles. The molecule has 2 aromatic carbocycles. The fraction of sp³-hybridized carbons (Fsp3) is 0.316. The van der Waals surface area contributed by atoms with Crippen LogP contribution in [0, 0.1) is 0 Å². The summed E-state index contributed by atoms with van der Waals surface area (Å²) in [5.41, 5.74) is 2.27. The van der Waals surface area contributed by atoms with Gasteiger partial charge < -0.3 is 10.6 Å². The highest BCUT2D eigenvalue weighted by Gasteiger charge is 2.23. The number of anilines is 1. The van der Waals surface area contributed by atoms with Crippen molar-refractivity contribution in [2.24, 2.45) is 0 Å². The Morgan fingerprint density at radius 3 is 2.50 bits per heavy atom. The summed E-state index contributed by atoms with van der Waals surface area (Å²) in [7, 11) is 0. The van der Waals surface area contributed by atoms with E-state index in [4.69, 9.17) is 23.8 Å². The first-order valence-electron chi connectivity index (χ1n) is 7.86. The maximum Gasteiger partial charge on any atom is 0.170 e. The summed E-state index contributed by atoms with van der Waals surface area (Å²) in [6.45, 7) is 6.66. The molecule has 0 aliphatic carbocycles. The second-order valence-electron chi connectivity index (χ2n) is 6.58. The standard InChI is InChI=1S/C19H22BrClN2S/c1-13(12-19(2,3)14-7-5-4-6-8-14)22-18(24)23-15-9-10-16(20)17(21)11-15/h4-11,13H,12H2,1-3H3,(H2,22,23,24)/t13-/m0/s1. The minimum atomic E-state index is 0.0736. The van der Waals surface area contributed by atoms with Gasteiger partial charge in [0.05, 0.1) is 5.02 Å². The van der Waals surface area contributed by atoms with Crippen LogP contribution in [0.2, 0.25) is 5.02 Å². The second kappa shape index (κ2) is 8.32. The number of benzene rings is 2. The molecule has 5 heteroatoms. The third-order valence-corrected chi connectivity index (χ3v) is 5.38. The van der Waals surface area contributed by atoms with Gasteiger partial charge in [-0.1, -0.05) is 55.8 Å². The first-order valence-corrected chi connectivity index (χ1v) is 9.44. The summed E-state index contributed by atoms with van der Waals surface area (Å²) < 4.78 is 0.867. The average Bonchev–Trinajstić information content (AvgIpc) is 2.51. The molecule has 0 radical (unpaired) electrons. The fourth-order valence-corrected chi connectivity index (χ4v) is 3.53. The predicted octanol–water partition coefficient (Wildman–Crippen LogP) is 6.15. The zero-order valence-electron chi connectivity index (χ0n) is 14.1. The quantitative estimate of drug-likeness (QED) is 0.562. The topological polar surface area (TPSA) is 24.1 Å². The number of thiocarbonyl (C=S) groups is 1. The average molecular weight is 426 g/mol. The summed E-state index contributed by atoms with van der Waals surface area (Å²) >= 11 is 14.9. The molecule has 0 amide bonds. The molecule has 128 valence electrons. The third-order valence-electron chi connectivity index (χ3n) is 3.93. The Balaban J connectivity index is 1.92. The number of hydrogen-bond acceptors (Lipinski definition) is 1. The molecule has 2 rings (SSSR count). The smallest absolute Gasteiger partial charge is 0.170 e. The van der Waals surface area contributed by atoms with Crippen molar-refractivity contribution in [1.29, 1.82) is 0 Å². The Hall–Kier alpha value is -1.10. The van der Waals surface area contributed by atoms with E-state index in [1.807, 2.05) is 24.3 Å². The van der Waals surface area contributed by atoms with Crippen LogP contribution in [0.25, 0.3) is 0 Å². The molecule has 24 heavy (non-hydrogen) atoms. The van der Waals surface area contributed by atoms with Gasteiger partial charge in [-0.25, -0.2) is 0 Å². The van der Waals surface area contributed by atoms with E-state index in [2.05, 4.69) is 71.6 Å². The van der Waals surface area contributed by atoms with Gasteiger partial charge in [-0.05, 0) is 70.7 Å². The minimum Gasteiger partial charge on any atom is -0.360 e. The lowest BCUT2D eigenvalue weighted by Gasteiger charge is -2.29. The SMILES string of the molecule is C[C@@H](CC(C)(C)c1ccccc1)NC(=S)Nc1ccc(Br)c(Cl)c1. The van der Waals surface area contributed by atoms with Crippen LogP contribution in [-0.2, 0) is 5.41 Å². The van der Waals surface area contributed by atoms with Gasteiger partial charge in [0, 0.05) is 16.2 Å². The maximum atomic E-state index is 6.11. The van der Waals surface area contributed by atoms with Crippen LogP contribution in [0.5, 0.6) is 0 Å². The molecule has 2 aromatic rings. The molecule has 2 nitrogen and oxygen atoms in total. The van der Waals surface area contributed by atoms with E-state index >= 15 is 0 Å². The van der Waals surface area contributed by atoms with Gasteiger partial charge in [0.15, 0.2) is 5.11 Å². The number of nitrogens with one attached hydrogen (secondary N) is 2. The molecule has 2 N–H and O–H groups in total. The minimum absolute atomic E-state index is 0.0736. The van der Waals surface area contributed by atoms with Crippen molar-refractivity contribution in [3.05, 3.63) is 63.6 Å². The summed E-state index contributed by atoms with van der Waals surface area (Å²) in [4.78, 5) is 0.